The number of methoxy groups -OCH3 is 1. The molecule has 0 bridgehead atoms. The number of carbonyl (C=O) groups excluding carboxylic acids is 2. The van der Waals surface area contributed by atoms with Crippen LogP contribution < -0.4 is 0 Å². The van der Waals surface area contributed by atoms with Crippen LogP contribution in [0.5, 0.6) is 0 Å². The maximum atomic E-state index is 11.8. The number of nitrogens with zero attached hydrogens (tertiary/aromatic N) is 1. The lowest BCUT2D eigenvalue weighted by Crippen LogP contribution is -2.00. The average Bonchev–Trinajstić information content (AvgIpc) is 2.97. The third-order valence-electron chi connectivity index (χ3n) is 1.87. The summed E-state index contributed by atoms with van der Waals surface area (Å²) in [4.78, 5) is 27.1. The van der Waals surface area contributed by atoms with E-state index in [1.54, 1.807) is 5.51 Å². The van der Waals surface area contributed by atoms with Crippen molar-refractivity contribution in [3.05, 3.63) is 40.2 Å². The molecule has 0 aliphatic rings. The molecule has 0 amide bonds. The first kappa shape index (κ1) is 10.6. The Kier molecular flexibility index (Phi) is 2.82. The molecule has 0 aliphatic carbocycles. The average molecular weight is 237 g/mol. The second-order valence-corrected chi connectivity index (χ2v) is 3.74. The van der Waals surface area contributed by atoms with E-state index in [-0.39, 0.29) is 17.3 Å². The van der Waals surface area contributed by atoms with Crippen molar-refractivity contribution in [2.24, 2.45) is 0 Å². The van der Waals surface area contributed by atoms with Crippen LogP contribution in [-0.4, -0.2) is 23.8 Å². The maximum absolute atomic E-state index is 11.8. The van der Waals surface area contributed by atoms with Gasteiger partial charge in [0.2, 0.25) is 11.5 Å². The fourth-order valence-corrected chi connectivity index (χ4v) is 1.68. The summed E-state index contributed by atoms with van der Waals surface area (Å²) in [7, 11) is 1.25. The summed E-state index contributed by atoms with van der Waals surface area (Å²) in [6, 6.07) is 2.84. The van der Waals surface area contributed by atoms with Crippen LogP contribution in [0.3, 0.4) is 0 Å². The van der Waals surface area contributed by atoms with Gasteiger partial charge in [0, 0.05) is 6.20 Å². The Morgan fingerprint density at radius 3 is 2.75 bits per heavy atom. The van der Waals surface area contributed by atoms with Crippen molar-refractivity contribution in [1.29, 1.82) is 0 Å². The van der Waals surface area contributed by atoms with Gasteiger partial charge in [-0.3, -0.25) is 9.78 Å². The largest absolute Gasteiger partial charge is 0.463 e. The summed E-state index contributed by atoms with van der Waals surface area (Å²) >= 11 is 1.21. The summed E-state index contributed by atoms with van der Waals surface area (Å²) in [5.74, 6) is -0.791. The van der Waals surface area contributed by atoms with Gasteiger partial charge in [0.1, 0.15) is 0 Å². The number of aromatic nitrogens is 1. The Morgan fingerprint density at radius 1 is 1.38 bits per heavy atom. The highest BCUT2D eigenvalue weighted by Crippen LogP contribution is 2.16. The number of furan rings is 1. The second kappa shape index (κ2) is 4.28. The Labute approximate surface area is 94.7 Å². The first-order valence-electron chi connectivity index (χ1n) is 4.33. The molecule has 0 N–H and O–H groups in total. The number of ketones is 1. The molecule has 2 rings (SSSR count). The van der Waals surface area contributed by atoms with Gasteiger partial charge in [-0.2, -0.15) is 0 Å². The van der Waals surface area contributed by atoms with Gasteiger partial charge >= 0.3 is 5.97 Å². The van der Waals surface area contributed by atoms with E-state index in [1.165, 1.54) is 36.8 Å². The van der Waals surface area contributed by atoms with Gasteiger partial charge in [0.15, 0.2) is 5.76 Å². The monoisotopic (exact) mass is 237 g/mol. The summed E-state index contributed by atoms with van der Waals surface area (Å²) in [5.41, 5.74) is 1.55. The first-order valence-corrected chi connectivity index (χ1v) is 5.21. The molecule has 2 aromatic rings. The lowest BCUT2D eigenvalue weighted by molar-refractivity contribution is 0.0563. The predicted octanol–water partition coefficient (Wildman–Crippen LogP) is 1.75. The molecular formula is C10H7NO4S. The van der Waals surface area contributed by atoms with Gasteiger partial charge in [-0.05, 0) is 12.1 Å². The summed E-state index contributed by atoms with van der Waals surface area (Å²) in [6.07, 6.45) is 1.45. The molecule has 0 saturated heterocycles. The Bertz CT molecular complexity index is 515. The minimum Gasteiger partial charge on any atom is -0.463 e. The van der Waals surface area contributed by atoms with Crippen molar-refractivity contribution in [2.75, 3.05) is 7.11 Å². The van der Waals surface area contributed by atoms with Crippen LogP contribution in [-0.2, 0) is 4.74 Å². The van der Waals surface area contributed by atoms with Crippen molar-refractivity contribution in [3.8, 4) is 0 Å². The second-order valence-electron chi connectivity index (χ2n) is 2.85. The van der Waals surface area contributed by atoms with E-state index < -0.39 is 5.97 Å². The summed E-state index contributed by atoms with van der Waals surface area (Å²) < 4.78 is 9.54. The van der Waals surface area contributed by atoms with Crippen LogP contribution in [0.15, 0.2) is 28.3 Å². The zero-order chi connectivity index (χ0) is 11.5. The van der Waals surface area contributed by atoms with Crippen LogP contribution in [0, 0.1) is 0 Å². The van der Waals surface area contributed by atoms with Crippen molar-refractivity contribution in [1.82, 2.24) is 4.98 Å². The third-order valence-corrected chi connectivity index (χ3v) is 2.64. The number of carbonyl (C=O) groups is 2. The number of ether oxygens (including phenoxy) is 1. The highest BCUT2D eigenvalue weighted by Gasteiger charge is 2.18. The highest BCUT2D eigenvalue weighted by atomic mass is 32.1. The fourth-order valence-electron chi connectivity index (χ4n) is 1.12. The van der Waals surface area contributed by atoms with Gasteiger partial charge in [0.25, 0.3) is 0 Å². The van der Waals surface area contributed by atoms with Crippen molar-refractivity contribution >= 4 is 23.1 Å². The standard InChI is InChI=1S/C10H7NO4S/c1-14-10(13)7-3-2-6(15-7)9(12)8-4-11-5-16-8/h2-5H,1H3. The lowest BCUT2D eigenvalue weighted by atomic mass is 10.3. The molecule has 2 aromatic heterocycles. The lowest BCUT2D eigenvalue weighted by Gasteiger charge is -1.93. The molecule has 0 saturated carbocycles. The van der Waals surface area contributed by atoms with Crippen LogP contribution >= 0.6 is 11.3 Å². The Hall–Kier alpha value is -1.95. The molecule has 2 heterocycles. The molecule has 0 aliphatic heterocycles. The van der Waals surface area contributed by atoms with Gasteiger partial charge in [-0.15, -0.1) is 11.3 Å². The number of esters is 1. The van der Waals surface area contributed by atoms with Gasteiger partial charge in [-0.1, -0.05) is 0 Å². The third kappa shape index (κ3) is 1.87. The Balaban J connectivity index is 2.26. The van der Waals surface area contributed by atoms with Gasteiger partial charge < -0.3 is 9.15 Å². The topological polar surface area (TPSA) is 69.4 Å². The number of thiazole rings is 1. The van der Waals surface area contributed by atoms with E-state index in [0.717, 1.165) is 0 Å². The quantitative estimate of drug-likeness (QED) is 0.601. The SMILES string of the molecule is COC(=O)c1ccc(C(=O)c2cncs2)o1. The van der Waals surface area contributed by atoms with E-state index >= 15 is 0 Å². The zero-order valence-electron chi connectivity index (χ0n) is 8.30. The first-order chi connectivity index (χ1) is 7.72. The molecule has 0 aromatic carbocycles. The van der Waals surface area contributed by atoms with Gasteiger partial charge in [-0.25, -0.2) is 4.79 Å². The van der Waals surface area contributed by atoms with E-state index in [4.69, 9.17) is 4.42 Å². The van der Waals surface area contributed by atoms with E-state index in [1.807, 2.05) is 0 Å². The molecule has 82 valence electrons. The molecule has 0 spiro atoms. The van der Waals surface area contributed by atoms with Crippen molar-refractivity contribution in [3.63, 3.8) is 0 Å². The zero-order valence-corrected chi connectivity index (χ0v) is 9.11. The van der Waals surface area contributed by atoms with Crippen LogP contribution in [0.25, 0.3) is 0 Å². The summed E-state index contributed by atoms with van der Waals surface area (Å²) in [6.45, 7) is 0. The predicted molar refractivity (Wildman–Crippen MR) is 55.6 cm³/mol. The van der Waals surface area contributed by atoms with E-state index in [0.29, 0.717) is 4.88 Å². The molecular weight excluding hydrogens is 230 g/mol. The number of hydrogen-bond donors (Lipinski definition) is 0. The molecule has 0 fully saturated rings. The molecule has 0 atom stereocenters. The molecule has 16 heavy (non-hydrogen) atoms. The molecule has 5 nitrogen and oxygen atoms in total. The van der Waals surface area contributed by atoms with Crippen molar-refractivity contribution < 1.29 is 18.7 Å². The minimum atomic E-state index is -0.608. The molecule has 0 unspecified atom stereocenters. The Morgan fingerprint density at radius 2 is 2.12 bits per heavy atom. The van der Waals surface area contributed by atoms with E-state index in [9.17, 15) is 9.59 Å². The van der Waals surface area contributed by atoms with Gasteiger partial charge in [0.05, 0.1) is 17.5 Å². The molecule has 6 heteroatoms. The van der Waals surface area contributed by atoms with E-state index in [2.05, 4.69) is 9.72 Å². The highest BCUT2D eigenvalue weighted by molar-refractivity contribution is 7.11. The van der Waals surface area contributed by atoms with Crippen LogP contribution in [0.2, 0.25) is 0 Å². The summed E-state index contributed by atoms with van der Waals surface area (Å²) in [5, 5.41) is 0. The fraction of sp³-hybridized carbons (Fsp3) is 0.100. The van der Waals surface area contributed by atoms with Crippen LogP contribution in [0.4, 0.5) is 0 Å². The number of rotatable bonds is 3. The number of hydrogen-bond acceptors (Lipinski definition) is 6. The normalized spacial score (nSPS) is 10.1. The molecule has 0 radical (unpaired) electrons. The maximum Gasteiger partial charge on any atom is 0.373 e. The minimum absolute atomic E-state index is 0.00960. The smallest absolute Gasteiger partial charge is 0.373 e. The van der Waals surface area contributed by atoms with Crippen molar-refractivity contribution in [2.45, 2.75) is 0 Å². The van der Waals surface area contributed by atoms with Crippen LogP contribution in [0.1, 0.15) is 26.0 Å².